The first kappa shape index (κ1) is 17.4. The summed E-state index contributed by atoms with van der Waals surface area (Å²) in [5, 5.41) is 3.05. The first-order valence-corrected chi connectivity index (χ1v) is 8.88. The van der Waals surface area contributed by atoms with Crippen LogP contribution in [0.5, 0.6) is 0 Å². The molecule has 1 aromatic heterocycles. The van der Waals surface area contributed by atoms with Gasteiger partial charge in [-0.2, -0.15) is 0 Å². The molecule has 2 aromatic rings. The van der Waals surface area contributed by atoms with Crippen molar-refractivity contribution in [1.82, 2.24) is 9.88 Å². The number of pyridine rings is 1. The lowest BCUT2D eigenvalue weighted by atomic mass is 10.1. The van der Waals surface area contributed by atoms with E-state index in [9.17, 15) is 4.79 Å². The molecule has 2 heterocycles. The summed E-state index contributed by atoms with van der Waals surface area (Å²) >= 11 is 0. The van der Waals surface area contributed by atoms with Gasteiger partial charge >= 0.3 is 0 Å². The average Bonchev–Trinajstić information content (AvgIpc) is 2.65. The Morgan fingerprint density at radius 3 is 2.52 bits per heavy atom. The number of carbonyl (C=O) groups is 1. The maximum Gasteiger partial charge on any atom is 0.228 e. The van der Waals surface area contributed by atoms with Crippen molar-refractivity contribution in [2.75, 3.05) is 42.9 Å². The number of piperazine rings is 1. The van der Waals surface area contributed by atoms with Crippen LogP contribution in [0.1, 0.15) is 12.5 Å². The van der Waals surface area contributed by atoms with Gasteiger partial charge in [-0.3, -0.25) is 9.69 Å². The van der Waals surface area contributed by atoms with Gasteiger partial charge in [-0.1, -0.05) is 31.2 Å². The zero-order valence-electron chi connectivity index (χ0n) is 15.0. The van der Waals surface area contributed by atoms with Crippen molar-refractivity contribution in [3.05, 3.63) is 54.2 Å². The van der Waals surface area contributed by atoms with Crippen LogP contribution in [0, 0.1) is 12.8 Å². The summed E-state index contributed by atoms with van der Waals surface area (Å²) in [7, 11) is 0. The van der Waals surface area contributed by atoms with Gasteiger partial charge in [0.25, 0.3) is 0 Å². The highest BCUT2D eigenvalue weighted by molar-refractivity contribution is 5.93. The van der Waals surface area contributed by atoms with Crippen molar-refractivity contribution < 1.29 is 4.79 Å². The first-order valence-electron chi connectivity index (χ1n) is 8.88. The SMILES string of the molecule is Cc1ccccc1NC(=O)C(C)CN1CCN(c2ccccn2)CC1. The zero-order valence-corrected chi connectivity index (χ0v) is 15.0. The normalized spacial score (nSPS) is 16.5. The number of hydrogen-bond donors (Lipinski definition) is 1. The number of nitrogens with one attached hydrogen (secondary N) is 1. The van der Waals surface area contributed by atoms with Crippen molar-refractivity contribution >= 4 is 17.4 Å². The molecule has 0 aliphatic carbocycles. The number of benzene rings is 1. The van der Waals surface area contributed by atoms with E-state index in [4.69, 9.17) is 0 Å². The highest BCUT2D eigenvalue weighted by atomic mass is 16.1. The molecule has 1 atom stereocenters. The van der Waals surface area contributed by atoms with Crippen LogP contribution in [0.25, 0.3) is 0 Å². The van der Waals surface area contributed by atoms with Crippen molar-refractivity contribution in [3.8, 4) is 0 Å². The molecule has 1 fully saturated rings. The number of para-hydroxylation sites is 1. The summed E-state index contributed by atoms with van der Waals surface area (Å²) in [6.07, 6.45) is 1.83. The quantitative estimate of drug-likeness (QED) is 0.911. The Morgan fingerprint density at radius 2 is 1.84 bits per heavy atom. The highest BCUT2D eigenvalue weighted by Crippen LogP contribution is 2.16. The van der Waals surface area contributed by atoms with E-state index in [0.29, 0.717) is 0 Å². The van der Waals surface area contributed by atoms with Crippen molar-refractivity contribution in [3.63, 3.8) is 0 Å². The Labute approximate surface area is 149 Å². The van der Waals surface area contributed by atoms with Crippen molar-refractivity contribution in [1.29, 1.82) is 0 Å². The number of carbonyl (C=O) groups excluding carboxylic acids is 1. The summed E-state index contributed by atoms with van der Waals surface area (Å²) in [6, 6.07) is 13.9. The monoisotopic (exact) mass is 338 g/mol. The smallest absolute Gasteiger partial charge is 0.228 e. The van der Waals surface area contributed by atoms with E-state index in [-0.39, 0.29) is 11.8 Å². The van der Waals surface area contributed by atoms with Gasteiger partial charge < -0.3 is 10.2 Å². The predicted octanol–water partition coefficient (Wildman–Crippen LogP) is 2.79. The fraction of sp³-hybridized carbons (Fsp3) is 0.400. The summed E-state index contributed by atoms with van der Waals surface area (Å²) in [4.78, 5) is 21.5. The molecule has 1 saturated heterocycles. The topological polar surface area (TPSA) is 48.5 Å². The Kier molecular flexibility index (Phi) is 5.66. The van der Waals surface area contributed by atoms with Crippen LogP contribution < -0.4 is 10.2 Å². The molecule has 132 valence electrons. The third-order valence-electron chi connectivity index (χ3n) is 4.73. The van der Waals surface area contributed by atoms with Crippen LogP contribution in [-0.4, -0.2) is 48.5 Å². The lowest BCUT2D eigenvalue weighted by Gasteiger charge is -2.36. The van der Waals surface area contributed by atoms with Crippen molar-refractivity contribution in [2.24, 2.45) is 5.92 Å². The van der Waals surface area contributed by atoms with Gasteiger partial charge in [0, 0.05) is 50.5 Å². The fourth-order valence-corrected chi connectivity index (χ4v) is 3.14. The van der Waals surface area contributed by atoms with Gasteiger partial charge in [0.2, 0.25) is 5.91 Å². The summed E-state index contributed by atoms with van der Waals surface area (Å²) in [6.45, 7) is 8.60. The van der Waals surface area contributed by atoms with E-state index < -0.39 is 0 Å². The number of hydrogen-bond acceptors (Lipinski definition) is 4. The Bertz CT molecular complexity index is 696. The molecule has 25 heavy (non-hydrogen) atoms. The number of amides is 1. The molecule has 1 unspecified atom stereocenters. The number of anilines is 2. The number of aromatic nitrogens is 1. The molecule has 5 heteroatoms. The molecular weight excluding hydrogens is 312 g/mol. The molecule has 1 aromatic carbocycles. The first-order chi connectivity index (χ1) is 12.1. The van der Waals surface area contributed by atoms with Crippen LogP contribution >= 0.6 is 0 Å². The molecule has 0 saturated carbocycles. The number of nitrogens with zero attached hydrogens (tertiary/aromatic N) is 3. The second kappa shape index (κ2) is 8.12. The second-order valence-electron chi connectivity index (χ2n) is 6.68. The lowest BCUT2D eigenvalue weighted by Crippen LogP contribution is -2.48. The van der Waals surface area contributed by atoms with Gasteiger partial charge in [0.05, 0.1) is 0 Å². The average molecular weight is 338 g/mol. The van der Waals surface area contributed by atoms with Gasteiger partial charge in [-0.05, 0) is 30.7 Å². The second-order valence-corrected chi connectivity index (χ2v) is 6.68. The molecule has 0 radical (unpaired) electrons. The Balaban J connectivity index is 1.48. The minimum Gasteiger partial charge on any atom is -0.354 e. The third kappa shape index (κ3) is 4.57. The van der Waals surface area contributed by atoms with Crippen LogP contribution in [0.15, 0.2) is 48.7 Å². The largest absolute Gasteiger partial charge is 0.354 e. The standard InChI is InChI=1S/C20H26N4O/c1-16-7-3-4-8-18(16)22-20(25)17(2)15-23-11-13-24(14-12-23)19-9-5-6-10-21-19/h3-10,17H,11-15H2,1-2H3,(H,22,25). The van der Waals surface area contributed by atoms with E-state index >= 15 is 0 Å². The number of rotatable bonds is 5. The van der Waals surface area contributed by atoms with E-state index in [0.717, 1.165) is 49.8 Å². The fourth-order valence-electron chi connectivity index (χ4n) is 3.14. The van der Waals surface area contributed by atoms with Gasteiger partial charge in [-0.15, -0.1) is 0 Å². The molecule has 3 rings (SSSR count). The molecule has 1 N–H and O–H groups in total. The maximum absolute atomic E-state index is 12.5. The molecule has 5 nitrogen and oxygen atoms in total. The molecular formula is C20H26N4O. The van der Waals surface area contributed by atoms with Crippen LogP contribution in [0.2, 0.25) is 0 Å². The van der Waals surface area contributed by atoms with Gasteiger partial charge in [0.1, 0.15) is 5.82 Å². The van der Waals surface area contributed by atoms with E-state index in [2.05, 4.69) is 20.1 Å². The van der Waals surface area contributed by atoms with Gasteiger partial charge in [0.15, 0.2) is 0 Å². The molecule has 1 aliphatic heterocycles. The van der Waals surface area contributed by atoms with Crippen LogP contribution in [-0.2, 0) is 4.79 Å². The third-order valence-corrected chi connectivity index (χ3v) is 4.73. The maximum atomic E-state index is 12.5. The lowest BCUT2D eigenvalue weighted by molar-refractivity contribution is -0.120. The summed E-state index contributed by atoms with van der Waals surface area (Å²) in [5.41, 5.74) is 1.99. The Hall–Kier alpha value is -2.40. The minimum atomic E-state index is -0.0407. The van der Waals surface area contributed by atoms with Crippen molar-refractivity contribution in [2.45, 2.75) is 13.8 Å². The molecule has 0 bridgehead atoms. The number of aryl methyl sites for hydroxylation is 1. The minimum absolute atomic E-state index is 0.0407. The van der Waals surface area contributed by atoms with Crippen LogP contribution in [0.3, 0.4) is 0 Å². The Morgan fingerprint density at radius 1 is 1.12 bits per heavy atom. The van der Waals surface area contributed by atoms with Gasteiger partial charge in [-0.25, -0.2) is 4.98 Å². The zero-order chi connectivity index (χ0) is 17.6. The van der Waals surface area contributed by atoms with E-state index in [1.165, 1.54) is 0 Å². The van der Waals surface area contributed by atoms with E-state index in [1.807, 2.05) is 62.5 Å². The van der Waals surface area contributed by atoms with E-state index in [1.54, 1.807) is 0 Å². The van der Waals surface area contributed by atoms with Crippen LogP contribution in [0.4, 0.5) is 11.5 Å². The summed E-state index contributed by atoms with van der Waals surface area (Å²) in [5.74, 6) is 1.08. The summed E-state index contributed by atoms with van der Waals surface area (Å²) < 4.78 is 0. The molecule has 1 amide bonds. The molecule has 0 spiro atoms. The molecule has 1 aliphatic rings. The highest BCUT2D eigenvalue weighted by Gasteiger charge is 2.22. The predicted molar refractivity (Wildman–Crippen MR) is 102 cm³/mol.